The molecule has 1 N–H and O–H groups in total. The number of nitrogens with zero attached hydrogens (tertiary/aromatic N) is 1. The number of amides is 2. The molecule has 3 rings (SSSR count). The zero-order valence-electron chi connectivity index (χ0n) is 9.98. The van der Waals surface area contributed by atoms with Crippen LogP contribution in [-0.2, 0) is 14.4 Å². The number of imide groups is 1. The van der Waals surface area contributed by atoms with Crippen molar-refractivity contribution in [1.29, 1.82) is 0 Å². The highest BCUT2D eigenvalue weighted by molar-refractivity contribution is 9.10. The SMILES string of the molecule is O=C1CCC2(CC(c3ccccc3Br)=NO2)C(=O)N1. The van der Waals surface area contributed by atoms with Crippen LogP contribution in [0.4, 0.5) is 0 Å². The van der Waals surface area contributed by atoms with Crippen molar-refractivity contribution in [2.45, 2.75) is 24.9 Å². The summed E-state index contributed by atoms with van der Waals surface area (Å²) in [6, 6.07) is 7.63. The Hall–Kier alpha value is -1.69. The molecule has 2 heterocycles. The van der Waals surface area contributed by atoms with Gasteiger partial charge in [-0.25, -0.2) is 0 Å². The summed E-state index contributed by atoms with van der Waals surface area (Å²) in [6.07, 6.45) is 1.04. The molecule has 2 aliphatic rings. The number of benzene rings is 1. The molecule has 0 bridgehead atoms. The zero-order valence-corrected chi connectivity index (χ0v) is 11.6. The van der Waals surface area contributed by atoms with Gasteiger partial charge in [-0.1, -0.05) is 39.3 Å². The van der Waals surface area contributed by atoms with Crippen LogP contribution in [-0.4, -0.2) is 23.1 Å². The van der Waals surface area contributed by atoms with E-state index in [0.717, 1.165) is 15.7 Å². The van der Waals surface area contributed by atoms with Crippen LogP contribution >= 0.6 is 15.9 Å². The maximum atomic E-state index is 11.9. The van der Waals surface area contributed by atoms with Gasteiger partial charge in [0.25, 0.3) is 5.91 Å². The van der Waals surface area contributed by atoms with Gasteiger partial charge in [0.05, 0.1) is 5.71 Å². The van der Waals surface area contributed by atoms with E-state index >= 15 is 0 Å². The molecule has 1 saturated heterocycles. The van der Waals surface area contributed by atoms with Gasteiger partial charge in [0, 0.05) is 29.3 Å². The lowest BCUT2D eigenvalue weighted by Gasteiger charge is -2.28. The van der Waals surface area contributed by atoms with E-state index in [1.807, 2.05) is 24.3 Å². The van der Waals surface area contributed by atoms with Crippen molar-refractivity contribution in [3.05, 3.63) is 34.3 Å². The van der Waals surface area contributed by atoms with Crippen molar-refractivity contribution in [3.8, 4) is 0 Å². The van der Waals surface area contributed by atoms with Gasteiger partial charge in [-0.2, -0.15) is 0 Å². The molecule has 98 valence electrons. The van der Waals surface area contributed by atoms with Gasteiger partial charge in [0.15, 0.2) is 0 Å². The standard InChI is InChI=1S/C13H11BrN2O3/c14-9-4-2-1-3-8(9)10-7-13(19-16-10)6-5-11(17)15-12(13)18/h1-4H,5-7H2,(H,15,17,18). The minimum Gasteiger partial charge on any atom is -0.378 e. The topological polar surface area (TPSA) is 67.8 Å². The summed E-state index contributed by atoms with van der Waals surface area (Å²) in [6.45, 7) is 0. The Kier molecular flexibility index (Phi) is 2.89. The van der Waals surface area contributed by atoms with Gasteiger partial charge >= 0.3 is 0 Å². The van der Waals surface area contributed by atoms with Crippen LogP contribution in [0.25, 0.3) is 0 Å². The van der Waals surface area contributed by atoms with Crippen LogP contribution in [0.5, 0.6) is 0 Å². The second kappa shape index (κ2) is 4.45. The molecule has 0 aromatic heterocycles. The summed E-state index contributed by atoms with van der Waals surface area (Å²) in [4.78, 5) is 28.5. The van der Waals surface area contributed by atoms with Gasteiger partial charge in [-0.05, 0) is 6.07 Å². The normalized spacial score (nSPS) is 26.1. The summed E-state index contributed by atoms with van der Waals surface area (Å²) < 4.78 is 0.904. The molecule has 1 fully saturated rings. The molecule has 1 aromatic carbocycles. The summed E-state index contributed by atoms with van der Waals surface area (Å²) in [5.74, 6) is -0.650. The van der Waals surface area contributed by atoms with Crippen molar-refractivity contribution in [2.75, 3.05) is 0 Å². The molecule has 0 saturated carbocycles. The molecule has 19 heavy (non-hydrogen) atoms. The smallest absolute Gasteiger partial charge is 0.274 e. The average molecular weight is 323 g/mol. The van der Waals surface area contributed by atoms with Crippen molar-refractivity contribution < 1.29 is 14.4 Å². The van der Waals surface area contributed by atoms with Crippen molar-refractivity contribution in [2.24, 2.45) is 5.16 Å². The van der Waals surface area contributed by atoms with E-state index in [1.54, 1.807) is 0 Å². The van der Waals surface area contributed by atoms with Crippen LogP contribution in [0.3, 0.4) is 0 Å². The van der Waals surface area contributed by atoms with E-state index in [1.165, 1.54) is 0 Å². The number of hydrogen-bond acceptors (Lipinski definition) is 4. The summed E-state index contributed by atoms with van der Waals surface area (Å²) in [5.41, 5.74) is 0.611. The van der Waals surface area contributed by atoms with Crippen LogP contribution in [0.15, 0.2) is 33.9 Å². The number of nitrogens with one attached hydrogen (secondary N) is 1. The van der Waals surface area contributed by atoms with Gasteiger partial charge in [0.2, 0.25) is 11.5 Å². The average Bonchev–Trinajstić information content (AvgIpc) is 2.81. The van der Waals surface area contributed by atoms with Gasteiger partial charge < -0.3 is 4.84 Å². The largest absolute Gasteiger partial charge is 0.378 e. The molecule has 1 unspecified atom stereocenters. The molecule has 2 amide bonds. The Morgan fingerprint density at radius 1 is 1.32 bits per heavy atom. The monoisotopic (exact) mass is 322 g/mol. The number of carbonyl (C=O) groups excluding carboxylic acids is 2. The fourth-order valence-corrected chi connectivity index (χ4v) is 2.82. The Balaban J connectivity index is 1.85. The summed E-state index contributed by atoms with van der Waals surface area (Å²) in [7, 11) is 0. The minimum absolute atomic E-state index is 0.256. The van der Waals surface area contributed by atoms with E-state index in [9.17, 15) is 9.59 Å². The lowest BCUT2D eigenvalue weighted by atomic mass is 9.86. The Labute approximate surface area is 118 Å². The quantitative estimate of drug-likeness (QED) is 0.801. The third-order valence-electron chi connectivity index (χ3n) is 3.39. The molecule has 5 nitrogen and oxygen atoms in total. The summed E-state index contributed by atoms with van der Waals surface area (Å²) in [5, 5.41) is 6.34. The number of rotatable bonds is 1. The van der Waals surface area contributed by atoms with E-state index < -0.39 is 11.5 Å². The van der Waals surface area contributed by atoms with Gasteiger partial charge in [-0.3, -0.25) is 14.9 Å². The second-order valence-electron chi connectivity index (χ2n) is 4.66. The fourth-order valence-electron chi connectivity index (χ4n) is 2.30. The highest BCUT2D eigenvalue weighted by atomic mass is 79.9. The van der Waals surface area contributed by atoms with Crippen LogP contribution in [0, 0.1) is 0 Å². The third kappa shape index (κ3) is 2.06. The molecule has 1 spiro atoms. The highest BCUT2D eigenvalue weighted by Gasteiger charge is 2.50. The Bertz CT molecular complexity index is 599. The molecule has 6 heteroatoms. The minimum atomic E-state index is -1.02. The Morgan fingerprint density at radius 2 is 2.11 bits per heavy atom. The fraction of sp³-hybridized carbons (Fsp3) is 0.308. The predicted octanol–water partition coefficient (Wildman–Crippen LogP) is 1.75. The third-order valence-corrected chi connectivity index (χ3v) is 4.08. The van der Waals surface area contributed by atoms with E-state index in [2.05, 4.69) is 26.4 Å². The number of oxime groups is 1. The van der Waals surface area contributed by atoms with Crippen LogP contribution in [0.2, 0.25) is 0 Å². The highest BCUT2D eigenvalue weighted by Crippen LogP contribution is 2.34. The first kappa shape index (κ1) is 12.3. The molecule has 1 atom stereocenters. The van der Waals surface area contributed by atoms with Crippen molar-refractivity contribution in [3.63, 3.8) is 0 Å². The molecular formula is C13H11BrN2O3. The summed E-state index contributed by atoms with van der Waals surface area (Å²) >= 11 is 3.45. The second-order valence-corrected chi connectivity index (χ2v) is 5.51. The van der Waals surface area contributed by atoms with Crippen LogP contribution in [0.1, 0.15) is 24.8 Å². The van der Waals surface area contributed by atoms with E-state index in [0.29, 0.717) is 12.8 Å². The maximum absolute atomic E-state index is 11.9. The maximum Gasteiger partial charge on any atom is 0.274 e. The predicted molar refractivity (Wildman–Crippen MR) is 71.5 cm³/mol. The molecule has 0 aliphatic carbocycles. The van der Waals surface area contributed by atoms with E-state index in [4.69, 9.17) is 4.84 Å². The Morgan fingerprint density at radius 3 is 2.84 bits per heavy atom. The molecular weight excluding hydrogens is 312 g/mol. The number of piperidine rings is 1. The molecule has 2 aliphatic heterocycles. The first-order valence-electron chi connectivity index (χ1n) is 5.95. The lowest BCUT2D eigenvalue weighted by molar-refractivity contribution is -0.153. The number of halogens is 1. The molecule has 1 aromatic rings. The number of hydrogen-bond donors (Lipinski definition) is 1. The van der Waals surface area contributed by atoms with Crippen molar-refractivity contribution in [1.82, 2.24) is 5.32 Å². The van der Waals surface area contributed by atoms with E-state index in [-0.39, 0.29) is 12.3 Å². The molecule has 0 radical (unpaired) electrons. The zero-order chi connectivity index (χ0) is 13.5. The van der Waals surface area contributed by atoms with Gasteiger partial charge in [-0.15, -0.1) is 0 Å². The van der Waals surface area contributed by atoms with Crippen LogP contribution < -0.4 is 5.32 Å². The lowest BCUT2D eigenvalue weighted by Crippen LogP contribution is -2.53. The van der Waals surface area contributed by atoms with Gasteiger partial charge in [0.1, 0.15) is 0 Å². The number of carbonyl (C=O) groups is 2. The first-order valence-corrected chi connectivity index (χ1v) is 6.74. The van der Waals surface area contributed by atoms with Crippen molar-refractivity contribution >= 4 is 33.5 Å². The first-order chi connectivity index (χ1) is 9.11.